The Balaban J connectivity index is 1.33. The van der Waals surface area contributed by atoms with Gasteiger partial charge >= 0.3 is 5.97 Å². The molecule has 0 spiro atoms. The van der Waals surface area contributed by atoms with Gasteiger partial charge in [-0.2, -0.15) is 5.10 Å². The van der Waals surface area contributed by atoms with Gasteiger partial charge in [0.15, 0.2) is 5.82 Å². The summed E-state index contributed by atoms with van der Waals surface area (Å²) in [6, 6.07) is 6.57. The van der Waals surface area contributed by atoms with Gasteiger partial charge in [-0.25, -0.2) is 14.6 Å². The standard InChI is InChI=1S/C26H31N5O3/c1-15-8-18-12-27-31(22(18)10-21(15)17-4-6-34-7-5-17)24-11-23(28-16(2)29-24)30-13-19-9-20(14-30)25(19)26(32)33-3/h8,10-12,17,19-20,25H,4-7,9,13-14H2,1-3H3. The van der Waals surface area contributed by atoms with Crippen LogP contribution in [0, 0.1) is 31.6 Å². The van der Waals surface area contributed by atoms with Crippen molar-refractivity contribution in [3.63, 3.8) is 0 Å². The molecule has 8 heteroatoms. The van der Waals surface area contributed by atoms with Crippen molar-refractivity contribution in [1.29, 1.82) is 0 Å². The molecule has 3 saturated heterocycles. The van der Waals surface area contributed by atoms with E-state index in [-0.39, 0.29) is 11.9 Å². The van der Waals surface area contributed by atoms with E-state index in [1.807, 2.05) is 23.9 Å². The molecule has 0 radical (unpaired) electrons. The number of aromatic nitrogens is 4. The minimum Gasteiger partial charge on any atom is -0.469 e. The molecular weight excluding hydrogens is 430 g/mol. The lowest BCUT2D eigenvalue weighted by Gasteiger charge is -2.52. The third-order valence-electron chi connectivity index (χ3n) is 7.97. The molecule has 178 valence electrons. The molecule has 8 nitrogen and oxygen atoms in total. The normalized spacial score (nSPS) is 24.8. The maximum atomic E-state index is 12.1. The summed E-state index contributed by atoms with van der Waals surface area (Å²) < 4.78 is 12.5. The lowest BCUT2D eigenvalue weighted by Crippen LogP contribution is -2.58. The highest BCUT2D eigenvalue weighted by atomic mass is 16.5. The number of rotatable bonds is 4. The first-order valence-electron chi connectivity index (χ1n) is 12.3. The first kappa shape index (κ1) is 21.5. The Kier molecular flexibility index (Phi) is 5.28. The number of hydrogen-bond acceptors (Lipinski definition) is 7. The van der Waals surface area contributed by atoms with E-state index in [0.717, 1.165) is 73.9 Å². The van der Waals surface area contributed by atoms with E-state index in [1.165, 1.54) is 18.2 Å². The van der Waals surface area contributed by atoms with Crippen molar-refractivity contribution in [1.82, 2.24) is 19.7 Å². The largest absolute Gasteiger partial charge is 0.469 e. The average molecular weight is 462 g/mol. The maximum Gasteiger partial charge on any atom is 0.309 e. The molecule has 5 heterocycles. The van der Waals surface area contributed by atoms with E-state index >= 15 is 0 Å². The first-order valence-corrected chi connectivity index (χ1v) is 12.3. The predicted molar refractivity (Wildman–Crippen MR) is 128 cm³/mol. The molecule has 3 aromatic rings. The summed E-state index contributed by atoms with van der Waals surface area (Å²) in [7, 11) is 1.48. The third-order valence-corrected chi connectivity index (χ3v) is 7.97. The summed E-state index contributed by atoms with van der Waals surface area (Å²) in [5.74, 6) is 3.55. The van der Waals surface area contributed by atoms with Crippen molar-refractivity contribution in [2.24, 2.45) is 17.8 Å². The van der Waals surface area contributed by atoms with Crippen LogP contribution < -0.4 is 4.90 Å². The Morgan fingerprint density at radius 1 is 1.06 bits per heavy atom. The van der Waals surface area contributed by atoms with Crippen LogP contribution in [0.4, 0.5) is 5.82 Å². The molecule has 0 amide bonds. The molecule has 1 saturated carbocycles. The molecule has 1 aromatic carbocycles. The number of hydrogen-bond donors (Lipinski definition) is 0. The van der Waals surface area contributed by atoms with E-state index < -0.39 is 0 Å². The van der Waals surface area contributed by atoms with Crippen molar-refractivity contribution in [2.75, 3.05) is 38.3 Å². The minimum absolute atomic E-state index is 0.0329. The van der Waals surface area contributed by atoms with E-state index in [1.54, 1.807) is 0 Å². The molecule has 34 heavy (non-hydrogen) atoms. The molecule has 2 unspecified atom stereocenters. The number of methoxy groups -OCH3 is 1. The fourth-order valence-corrected chi connectivity index (χ4v) is 6.24. The third kappa shape index (κ3) is 3.55. The Labute approximate surface area is 199 Å². The monoisotopic (exact) mass is 461 g/mol. The number of ether oxygens (including phenoxy) is 2. The van der Waals surface area contributed by atoms with Crippen LogP contribution in [0.25, 0.3) is 16.7 Å². The number of carbonyl (C=O) groups excluding carboxylic acids is 1. The van der Waals surface area contributed by atoms with E-state index in [2.05, 4.69) is 24.0 Å². The number of benzene rings is 1. The number of piperidine rings is 2. The zero-order chi connectivity index (χ0) is 23.4. The predicted octanol–water partition coefficient (Wildman–Crippen LogP) is 3.57. The van der Waals surface area contributed by atoms with Gasteiger partial charge < -0.3 is 14.4 Å². The second-order valence-corrected chi connectivity index (χ2v) is 10.1. The summed E-state index contributed by atoms with van der Waals surface area (Å²) in [5, 5.41) is 5.83. The van der Waals surface area contributed by atoms with Gasteiger partial charge in [-0.05, 0) is 74.1 Å². The summed E-state index contributed by atoms with van der Waals surface area (Å²) in [4.78, 5) is 23.9. The molecule has 4 fully saturated rings. The summed E-state index contributed by atoms with van der Waals surface area (Å²) >= 11 is 0. The van der Waals surface area contributed by atoms with Crippen molar-refractivity contribution in [3.05, 3.63) is 41.3 Å². The molecule has 2 aromatic heterocycles. The Hall–Kier alpha value is -3.00. The summed E-state index contributed by atoms with van der Waals surface area (Å²) in [6.07, 6.45) is 5.12. The van der Waals surface area contributed by atoms with Gasteiger partial charge in [0.25, 0.3) is 0 Å². The van der Waals surface area contributed by atoms with Crippen molar-refractivity contribution in [3.8, 4) is 5.82 Å². The van der Waals surface area contributed by atoms with Gasteiger partial charge in [0, 0.05) is 37.8 Å². The van der Waals surface area contributed by atoms with Gasteiger partial charge in [-0.15, -0.1) is 0 Å². The van der Waals surface area contributed by atoms with Gasteiger partial charge in [-0.3, -0.25) is 4.79 Å². The highest BCUT2D eigenvalue weighted by molar-refractivity contribution is 5.82. The van der Waals surface area contributed by atoms with E-state index in [9.17, 15) is 4.79 Å². The molecular formula is C26H31N5O3. The number of fused-ring (bicyclic) bond motifs is 3. The zero-order valence-electron chi connectivity index (χ0n) is 20.0. The molecule has 2 bridgehead atoms. The van der Waals surface area contributed by atoms with Crippen LogP contribution in [-0.2, 0) is 14.3 Å². The van der Waals surface area contributed by atoms with Crippen LogP contribution in [0.15, 0.2) is 24.4 Å². The highest BCUT2D eigenvalue weighted by Crippen LogP contribution is 2.47. The van der Waals surface area contributed by atoms with Crippen molar-refractivity contribution in [2.45, 2.75) is 39.0 Å². The Bertz CT molecular complexity index is 1240. The van der Waals surface area contributed by atoms with Crippen LogP contribution in [0.5, 0.6) is 0 Å². The molecule has 2 atom stereocenters. The van der Waals surface area contributed by atoms with Crippen molar-refractivity contribution < 1.29 is 14.3 Å². The number of aryl methyl sites for hydroxylation is 2. The number of nitrogens with zero attached hydrogens (tertiary/aromatic N) is 5. The topological polar surface area (TPSA) is 82.4 Å². The lowest BCUT2D eigenvalue weighted by molar-refractivity contribution is -0.157. The second kappa shape index (κ2) is 8.34. The molecule has 7 rings (SSSR count). The van der Waals surface area contributed by atoms with Crippen LogP contribution in [0.1, 0.15) is 42.1 Å². The summed E-state index contributed by atoms with van der Waals surface area (Å²) in [5.41, 5.74) is 3.77. The Morgan fingerprint density at radius 2 is 1.79 bits per heavy atom. The van der Waals surface area contributed by atoms with Crippen LogP contribution in [0.2, 0.25) is 0 Å². The Morgan fingerprint density at radius 3 is 2.53 bits per heavy atom. The maximum absolute atomic E-state index is 12.1. The quantitative estimate of drug-likeness (QED) is 0.549. The fourth-order valence-electron chi connectivity index (χ4n) is 6.24. The zero-order valence-corrected chi connectivity index (χ0v) is 20.0. The molecule has 3 aliphatic heterocycles. The molecule has 0 N–H and O–H groups in total. The van der Waals surface area contributed by atoms with Gasteiger partial charge in [0.1, 0.15) is 11.6 Å². The minimum atomic E-state index is -0.0703. The summed E-state index contributed by atoms with van der Waals surface area (Å²) in [6.45, 7) is 7.41. The van der Waals surface area contributed by atoms with Crippen molar-refractivity contribution >= 4 is 22.7 Å². The lowest BCUT2D eigenvalue weighted by atomic mass is 9.61. The molecule has 1 aliphatic carbocycles. The fraction of sp³-hybridized carbons (Fsp3) is 0.538. The SMILES string of the molecule is COC(=O)C1C2CC1CN(c1cc(-n3ncc4cc(C)c(C5CCOCC5)cc43)nc(C)n1)C2. The second-order valence-electron chi connectivity index (χ2n) is 10.1. The highest BCUT2D eigenvalue weighted by Gasteiger charge is 2.51. The number of esters is 1. The van der Waals surface area contributed by atoms with Gasteiger partial charge in [0.05, 0.1) is 24.7 Å². The molecule has 4 aliphatic rings. The van der Waals surface area contributed by atoms with Crippen LogP contribution >= 0.6 is 0 Å². The van der Waals surface area contributed by atoms with Crippen LogP contribution in [0.3, 0.4) is 0 Å². The van der Waals surface area contributed by atoms with Gasteiger partial charge in [0.2, 0.25) is 0 Å². The number of carbonyl (C=O) groups is 1. The van der Waals surface area contributed by atoms with E-state index in [4.69, 9.17) is 24.5 Å². The smallest absolute Gasteiger partial charge is 0.309 e. The van der Waals surface area contributed by atoms with Gasteiger partial charge in [-0.1, -0.05) is 0 Å². The number of anilines is 1. The average Bonchev–Trinajstić information content (AvgIpc) is 3.26. The first-order chi connectivity index (χ1) is 16.5. The van der Waals surface area contributed by atoms with E-state index in [0.29, 0.717) is 17.8 Å². The van der Waals surface area contributed by atoms with Crippen LogP contribution in [-0.4, -0.2) is 59.1 Å².